The van der Waals surface area contributed by atoms with Crippen LogP contribution in [0.5, 0.6) is 5.75 Å². The molecule has 0 unspecified atom stereocenters. The summed E-state index contributed by atoms with van der Waals surface area (Å²) < 4.78 is 28.8. The third-order valence-corrected chi connectivity index (χ3v) is 4.60. The van der Waals surface area contributed by atoms with Gasteiger partial charge in [0, 0.05) is 11.8 Å². The lowest BCUT2D eigenvalue weighted by Gasteiger charge is -2.13. The molecule has 2 rings (SSSR count). The van der Waals surface area contributed by atoms with Gasteiger partial charge in [-0.05, 0) is 36.8 Å². The molecule has 7 heteroatoms. The molecule has 0 saturated carbocycles. The van der Waals surface area contributed by atoms with E-state index in [9.17, 15) is 13.2 Å². The number of rotatable bonds is 6. The van der Waals surface area contributed by atoms with E-state index in [0.29, 0.717) is 23.1 Å². The predicted octanol–water partition coefficient (Wildman–Crippen LogP) is 3.78. The standard InChI is InChI=1S/C17H18ClNO4S/c1-3-10-23-16-14(18)8-5-9-15(16)19-17(20)12-6-4-7-13(11-12)24(2,21)22/h4-9,11H,3,10H2,1-2H3,(H,19,20). The number of nitrogens with one attached hydrogen (secondary N) is 1. The molecule has 0 aliphatic heterocycles. The predicted molar refractivity (Wildman–Crippen MR) is 94.7 cm³/mol. The smallest absolute Gasteiger partial charge is 0.255 e. The maximum atomic E-state index is 12.4. The summed E-state index contributed by atoms with van der Waals surface area (Å²) in [5.41, 5.74) is 0.671. The zero-order chi connectivity index (χ0) is 17.7. The van der Waals surface area contributed by atoms with Gasteiger partial charge in [-0.25, -0.2) is 8.42 Å². The Bertz CT molecular complexity index is 849. The van der Waals surface area contributed by atoms with Gasteiger partial charge >= 0.3 is 0 Å². The molecule has 0 aromatic heterocycles. The molecule has 0 spiro atoms. The fraction of sp³-hybridized carbons (Fsp3) is 0.235. The first-order chi connectivity index (χ1) is 11.3. The Labute approximate surface area is 146 Å². The number of amides is 1. The van der Waals surface area contributed by atoms with Crippen LogP contribution in [0.4, 0.5) is 5.69 Å². The van der Waals surface area contributed by atoms with Gasteiger partial charge in [-0.15, -0.1) is 0 Å². The Morgan fingerprint density at radius 1 is 1.21 bits per heavy atom. The SMILES string of the molecule is CCCOc1c(Cl)cccc1NC(=O)c1cccc(S(C)(=O)=O)c1. The molecule has 0 aliphatic carbocycles. The number of carbonyl (C=O) groups excluding carboxylic acids is 1. The van der Waals surface area contributed by atoms with Gasteiger partial charge in [0.25, 0.3) is 5.91 Å². The van der Waals surface area contributed by atoms with E-state index in [1.54, 1.807) is 24.3 Å². The fourth-order valence-electron chi connectivity index (χ4n) is 2.02. The zero-order valence-corrected chi connectivity index (χ0v) is 14.9. The van der Waals surface area contributed by atoms with Crippen molar-refractivity contribution in [3.8, 4) is 5.75 Å². The molecule has 0 saturated heterocycles. The molecule has 2 aromatic carbocycles. The Hall–Kier alpha value is -2.05. The molecule has 0 atom stereocenters. The average molecular weight is 368 g/mol. The first-order valence-corrected chi connectivity index (χ1v) is 9.62. The normalized spacial score (nSPS) is 11.1. The molecule has 0 heterocycles. The summed E-state index contributed by atoms with van der Waals surface area (Å²) in [6.07, 6.45) is 1.90. The Morgan fingerprint density at radius 3 is 2.58 bits per heavy atom. The molecule has 1 amide bonds. The van der Waals surface area contributed by atoms with E-state index in [4.69, 9.17) is 16.3 Å². The van der Waals surface area contributed by atoms with E-state index in [0.717, 1.165) is 12.7 Å². The highest BCUT2D eigenvalue weighted by Gasteiger charge is 2.15. The van der Waals surface area contributed by atoms with Crippen molar-refractivity contribution < 1.29 is 17.9 Å². The average Bonchev–Trinajstić information content (AvgIpc) is 2.53. The minimum Gasteiger partial charge on any atom is -0.490 e. The third kappa shape index (κ3) is 4.49. The number of halogens is 1. The second kappa shape index (κ2) is 7.68. The van der Waals surface area contributed by atoms with Crippen molar-refractivity contribution in [2.45, 2.75) is 18.2 Å². The lowest BCUT2D eigenvalue weighted by Crippen LogP contribution is -2.14. The van der Waals surface area contributed by atoms with Crippen LogP contribution in [0.25, 0.3) is 0 Å². The summed E-state index contributed by atoms with van der Waals surface area (Å²) >= 11 is 6.12. The van der Waals surface area contributed by atoms with E-state index in [1.165, 1.54) is 18.2 Å². The number of ether oxygens (including phenoxy) is 1. The Kier molecular flexibility index (Phi) is 5.85. The number of hydrogen-bond acceptors (Lipinski definition) is 4. The number of benzene rings is 2. The van der Waals surface area contributed by atoms with Crippen molar-refractivity contribution in [1.82, 2.24) is 0 Å². The van der Waals surface area contributed by atoms with Crippen molar-refractivity contribution in [3.63, 3.8) is 0 Å². The lowest BCUT2D eigenvalue weighted by molar-refractivity contribution is 0.102. The van der Waals surface area contributed by atoms with Gasteiger partial charge in [-0.2, -0.15) is 0 Å². The van der Waals surface area contributed by atoms with Crippen molar-refractivity contribution in [2.75, 3.05) is 18.2 Å². The maximum Gasteiger partial charge on any atom is 0.255 e. The zero-order valence-electron chi connectivity index (χ0n) is 13.4. The second-order valence-electron chi connectivity index (χ2n) is 5.22. The Morgan fingerprint density at radius 2 is 1.92 bits per heavy atom. The largest absolute Gasteiger partial charge is 0.490 e. The van der Waals surface area contributed by atoms with Crippen LogP contribution in [-0.2, 0) is 9.84 Å². The molecule has 2 aromatic rings. The van der Waals surface area contributed by atoms with Crippen LogP contribution < -0.4 is 10.1 Å². The molecular weight excluding hydrogens is 350 g/mol. The molecule has 0 fully saturated rings. The summed E-state index contributed by atoms with van der Waals surface area (Å²) in [6, 6.07) is 10.9. The molecule has 0 aliphatic rings. The fourth-order valence-corrected chi connectivity index (χ4v) is 2.92. The molecular formula is C17H18ClNO4S. The van der Waals surface area contributed by atoms with Crippen LogP contribution in [0.15, 0.2) is 47.4 Å². The second-order valence-corrected chi connectivity index (χ2v) is 7.64. The highest BCUT2D eigenvalue weighted by atomic mass is 35.5. The minimum atomic E-state index is -3.38. The maximum absolute atomic E-state index is 12.4. The number of sulfone groups is 1. The third-order valence-electron chi connectivity index (χ3n) is 3.19. The van der Waals surface area contributed by atoms with Crippen molar-refractivity contribution in [1.29, 1.82) is 0 Å². The first kappa shape index (κ1) is 18.3. The van der Waals surface area contributed by atoms with Gasteiger partial charge < -0.3 is 10.1 Å². The van der Waals surface area contributed by atoms with Gasteiger partial charge in [0.05, 0.1) is 22.2 Å². The summed E-state index contributed by atoms with van der Waals surface area (Å²) in [6.45, 7) is 2.43. The van der Waals surface area contributed by atoms with Crippen LogP contribution in [0.1, 0.15) is 23.7 Å². The number of carbonyl (C=O) groups is 1. The molecule has 5 nitrogen and oxygen atoms in total. The van der Waals surface area contributed by atoms with E-state index in [1.807, 2.05) is 6.92 Å². The highest BCUT2D eigenvalue weighted by molar-refractivity contribution is 7.90. The number of anilines is 1. The minimum absolute atomic E-state index is 0.0868. The number of hydrogen-bond donors (Lipinski definition) is 1. The molecule has 0 radical (unpaired) electrons. The van der Waals surface area contributed by atoms with E-state index in [2.05, 4.69) is 5.32 Å². The van der Waals surface area contributed by atoms with Crippen LogP contribution >= 0.6 is 11.6 Å². The van der Waals surface area contributed by atoms with E-state index < -0.39 is 15.7 Å². The van der Waals surface area contributed by atoms with E-state index >= 15 is 0 Å². The van der Waals surface area contributed by atoms with E-state index in [-0.39, 0.29) is 10.5 Å². The van der Waals surface area contributed by atoms with Gasteiger partial charge in [0.2, 0.25) is 0 Å². The quantitative estimate of drug-likeness (QED) is 0.843. The van der Waals surface area contributed by atoms with Gasteiger partial charge in [0.15, 0.2) is 15.6 Å². The first-order valence-electron chi connectivity index (χ1n) is 7.35. The van der Waals surface area contributed by atoms with Crippen LogP contribution in [0.2, 0.25) is 5.02 Å². The number of para-hydroxylation sites is 1. The van der Waals surface area contributed by atoms with Crippen molar-refractivity contribution in [3.05, 3.63) is 53.1 Å². The van der Waals surface area contributed by atoms with Gasteiger partial charge in [-0.1, -0.05) is 30.7 Å². The summed E-state index contributed by atoms with van der Waals surface area (Å²) in [5, 5.41) is 3.11. The van der Waals surface area contributed by atoms with Crippen LogP contribution in [0, 0.1) is 0 Å². The monoisotopic (exact) mass is 367 g/mol. The lowest BCUT2D eigenvalue weighted by atomic mass is 10.2. The molecule has 128 valence electrons. The summed E-state index contributed by atoms with van der Waals surface area (Å²) in [4.78, 5) is 12.5. The van der Waals surface area contributed by atoms with Crippen LogP contribution in [-0.4, -0.2) is 27.2 Å². The molecule has 24 heavy (non-hydrogen) atoms. The summed E-state index contributed by atoms with van der Waals surface area (Å²) in [5.74, 6) is -0.0438. The highest BCUT2D eigenvalue weighted by Crippen LogP contribution is 2.33. The molecule has 1 N–H and O–H groups in total. The molecule has 0 bridgehead atoms. The van der Waals surface area contributed by atoms with Crippen molar-refractivity contribution >= 4 is 33.0 Å². The van der Waals surface area contributed by atoms with Crippen LogP contribution in [0.3, 0.4) is 0 Å². The van der Waals surface area contributed by atoms with Gasteiger partial charge in [0.1, 0.15) is 0 Å². The topological polar surface area (TPSA) is 72.5 Å². The van der Waals surface area contributed by atoms with Gasteiger partial charge in [-0.3, -0.25) is 4.79 Å². The Balaban J connectivity index is 2.29. The summed E-state index contributed by atoms with van der Waals surface area (Å²) in [7, 11) is -3.38. The van der Waals surface area contributed by atoms with Crippen molar-refractivity contribution in [2.24, 2.45) is 0 Å².